The minimum absolute atomic E-state index is 0.456. The predicted octanol–water partition coefficient (Wildman–Crippen LogP) is 4.64. The van der Waals surface area contributed by atoms with Gasteiger partial charge in [-0.2, -0.15) is 0 Å². The molecule has 0 saturated carbocycles. The van der Waals surface area contributed by atoms with Crippen LogP contribution in [0.25, 0.3) is 0 Å². The molecule has 0 fully saturated rings. The van der Waals surface area contributed by atoms with E-state index in [1.807, 2.05) is 6.92 Å². The van der Waals surface area contributed by atoms with Gasteiger partial charge in [-0.15, -0.1) is 0 Å². The van der Waals surface area contributed by atoms with Crippen LogP contribution in [0.2, 0.25) is 10.0 Å². The number of carbonyl (C=O) groups excluding carboxylic acids is 2. The Bertz CT molecular complexity index is 793. The SMILES string of the molecule is Cc1ccc(Cl)cc1NC(=O)[C@H](C)OC(=O)[C@H](C)Oc1ccc(Cl)cc1. The van der Waals surface area contributed by atoms with Crippen molar-refractivity contribution in [2.24, 2.45) is 0 Å². The van der Waals surface area contributed by atoms with Crippen LogP contribution in [0.1, 0.15) is 19.4 Å². The van der Waals surface area contributed by atoms with Gasteiger partial charge >= 0.3 is 5.97 Å². The highest BCUT2D eigenvalue weighted by atomic mass is 35.5. The Kier molecular flexibility index (Phi) is 6.89. The molecule has 0 aliphatic heterocycles. The summed E-state index contributed by atoms with van der Waals surface area (Å²) in [6, 6.07) is 11.7. The second-order valence-corrected chi connectivity index (χ2v) is 6.61. The first-order valence-corrected chi connectivity index (χ1v) is 8.71. The van der Waals surface area contributed by atoms with E-state index in [0.29, 0.717) is 21.5 Å². The lowest BCUT2D eigenvalue weighted by Gasteiger charge is -2.18. The van der Waals surface area contributed by atoms with Crippen LogP contribution in [0.3, 0.4) is 0 Å². The van der Waals surface area contributed by atoms with Crippen LogP contribution < -0.4 is 10.1 Å². The molecule has 0 unspecified atom stereocenters. The molecule has 1 amide bonds. The molecule has 2 aromatic carbocycles. The van der Waals surface area contributed by atoms with Crippen molar-refractivity contribution in [1.29, 1.82) is 0 Å². The summed E-state index contributed by atoms with van der Waals surface area (Å²) in [4.78, 5) is 24.4. The first-order valence-electron chi connectivity index (χ1n) is 7.96. The summed E-state index contributed by atoms with van der Waals surface area (Å²) in [5, 5.41) is 3.76. The quantitative estimate of drug-likeness (QED) is 0.723. The van der Waals surface area contributed by atoms with Crippen molar-refractivity contribution in [2.45, 2.75) is 33.0 Å². The number of amides is 1. The Morgan fingerprint density at radius 1 is 0.962 bits per heavy atom. The van der Waals surface area contributed by atoms with Crippen LogP contribution in [0.4, 0.5) is 5.69 Å². The molecule has 0 spiro atoms. The molecule has 0 aromatic heterocycles. The molecule has 0 heterocycles. The number of aryl methyl sites for hydroxylation is 1. The molecule has 2 rings (SSSR count). The Morgan fingerprint density at radius 2 is 1.58 bits per heavy atom. The van der Waals surface area contributed by atoms with Gasteiger partial charge in [0, 0.05) is 15.7 Å². The number of halogens is 2. The summed E-state index contributed by atoms with van der Waals surface area (Å²) in [5.41, 5.74) is 1.41. The number of ether oxygens (including phenoxy) is 2. The summed E-state index contributed by atoms with van der Waals surface area (Å²) in [6.45, 7) is 4.87. The van der Waals surface area contributed by atoms with Crippen molar-refractivity contribution in [2.75, 3.05) is 5.32 Å². The van der Waals surface area contributed by atoms with E-state index in [4.69, 9.17) is 32.7 Å². The van der Waals surface area contributed by atoms with Crippen molar-refractivity contribution in [3.63, 3.8) is 0 Å². The summed E-state index contributed by atoms with van der Waals surface area (Å²) in [7, 11) is 0. The molecule has 7 heteroatoms. The number of nitrogens with one attached hydrogen (secondary N) is 1. The molecule has 138 valence electrons. The van der Waals surface area contributed by atoms with E-state index in [9.17, 15) is 9.59 Å². The van der Waals surface area contributed by atoms with Crippen LogP contribution in [-0.4, -0.2) is 24.1 Å². The van der Waals surface area contributed by atoms with E-state index in [1.54, 1.807) is 49.4 Å². The normalized spacial score (nSPS) is 12.8. The molecule has 5 nitrogen and oxygen atoms in total. The van der Waals surface area contributed by atoms with Gasteiger partial charge in [0.25, 0.3) is 5.91 Å². The van der Waals surface area contributed by atoms with E-state index in [-0.39, 0.29) is 0 Å². The number of esters is 1. The zero-order chi connectivity index (χ0) is 19.3. The largest absolute Gasteiger partial charge is 0.479 e. The molecular weight excluding hydrogens is 377 g/mol. The van der Waals surface area contributed by atoms with Gasteiger partial charge in [-0.25, -0.2) is 4.79 Å². The van der Waals surface area contributed by atoms with E-state index in [2.05, 4.69) is 5.32 Å². The smallest absolute Gasteiger partial charge is 0.347 e. The average molecular weight is 396 g/mol. The van der Waals surface area contributed by atoms with Crippen molar-refractivity contribution in [3.8, 4) is 5.75 Å². The van der Waals surface area contributed by atoms with Gasteiger partial charge in [0.1, 0.15) is 5.75 Å². The van der Waals surface area contributed by atoms with Gasteiger partial charge in [0.05, 0.1) is 0 Å². The Hall–Kier alpha value is -2.24. The fourth-order valence-corrected chi connectivity index (χ4v) is 2.35. The molecule has 0 aliphatic rings. The summed E-state index contributed by atoms with van der Waals surface area (Å²) in [6.07, 6.45) is -1.86. The van der Waals surface area contributed by atoms with Gasteiger partial charge in [-0.3, -0.25) is 4.79 Å². The second kappa shape index (κ2) is 8.92. The van der Waals surface area contributed by atoms with Crippen molar-refractivity contribution in [3.05, 3.63) is 58.1 Å². The first kappa shape index (κ1) is 20.1. The number of rotatable bonds is 6. The van der Waals surface area contributed by atoms with Crippen LogP contribution in [-0.2, 0) is 14.3 Å². The van der Waals surface area contributed by atoms with Crippen molar-refractivity contribution >= 4 is 40.8 Å². The first-order chi connectivity index (χ1) is 12.3. The second-order valence-electron chi connectivity index (χ2n) is 5.74. The molecule has 0 aliphatic carbocycles. The monoisotopic (exact) mass is 395 g/mol. The van der Waals surface area contributed by atoms with E-state index < -0.39 is 24.1 Å². The summed E-state index contributed by atoms with van der Waals surface area (Å²) in [5.74, 6) is -0.627. The van der Waals surface area contributed by atoms with Crippen molar-refractivity contribution < 1.29 is 19.1 Å². The number of carbonyl (C=O) groups is 2. The van der Waals surface area contributed by atoms with Crippen LogP contribution >= 0.6 is 23.2 Å². The molecule has 0 saturated heterocycles. The van der Waals surface area contributed by atoms with Crippen LogP contribution in [0.5, 0.6) is 5.75 Å². The van der Waals surface area contributed by atoms with E-state index in [1.165, 1.54) is 6.92 Å². The third-order valence-corrected chi connectivity index (χ3v) is 4.07. The number of benzene rings is 2. The predicted molar refractivity (Wildman–Crippen MR) is 102 cm³/mol. The average Bonchev–Trinajstić information content (AvgIpc) is 2.59. The van der Waals surface area contributed by atoms with Crippen molar-refractivity contribution in [1.82, 2.24) is 0 Å². The lowest BCUT2D eigenvalue weighted by Crippen LogP contribution is -2.35. The maximum absolute atomic E-state index is 12.2. The van der Waals surface area contributed by atoms with Gasteiger partial charge in [0.2, 0.25) is 0 Å². The Morgan fingerprint density at radius 3 is 2.23 bits per heavy atom. The fraction of sp³-hybridized carbons (Fsp3) is 0.263. The maximum Gasteiger partial charge on any atom is 0.347 e. The standard InChI is InChI=1S/C19H19Cl2NO4/c1-11-4-5-15(21)10-17(11)22-18(23)12(2)26-19(24)13(3)25-16-8-6-14(20)7-9-16/h4-10,12-13H,1-3H3,(H,22,23)/t12-,13-/m0/s1. The van der Waals surface area contributed by atoms with Gasteiger partial charge in [-0.05, 0) is 62.7 Å². The Labute approximate surface area is 162 Å². The zero-order valence-corrected chi connectivity index (χ0v) is 16.1. The zero-order valence-electron chi connectivity index (χ0n) is 14.6. The third-order valence-electron chi connectivity index (χ3n) is 3.58. The van der Waals surface area contributed by atoms with Gasteiger partial charge < -0.3 is 14.8 Å². The molecule has 0 bridgehead atoms. The molecular formula is C19H19Cl2NO4. The summed E-state index contributed by atoms with van der Waals surface area (Å²) < 4.78 is 10.7. The van der Waals surface area contributed by atoms with E-state index in [0.717, 1.165) is 5.56 Å². The third kappa shape index (κ3) is 5.64. The topological polar surface area (TPSA) is 64.6 Å². The lowest BCUT2D eigenvalue weighted by molar-refractivity contribution is -0.159. The highest BCUT2D eigenvalue weighted by molar-refractivity contribution is 6.31. The highest BCUT2D eigenvalue weighted by Gasteiger charge is 2.23. The van der Waals surface area contributed by atoms with E-state index >= 15 is 0 Å². The molecule has 2 atom stereocenters. The Balaban J connectivity index is 1.91. The number of hydrogen-bond acceptors (Lipinski definition) is 4. The van der Waals surface area contributed by atoms with Gasteiger partial charge in [-0.1, -0.05) is 29.3 Å². The lowest BCUT2D eigenvalue weighted by atomic mass is 10.2. The van der Waals surface area contributed by atoms with Crippen LogP contribution in [0, 0.1) is 6.92 Å². The fourth-order valence-electron chi connectivity index (χ4n) is 2.05. The van der Waals surface area contributed by atoms with Crippen LogP contribution in [0.15, 0.2) is 42.5 Å². The molecule has 26 heavy (non-hydrogen) atoms. The number of anilines is 1. The molecule has 2 aromatic rings. The summed E-state index contributed by atoms with van der Waals surface area (Å²) >= 11 is 11.7. The minimum atomic E-state index is -0.989. The highest BCUT2D eigenvalue weighted by Crippen LogP contribution is 2.21. The van der Waals surface area contributed by atoms with Gasteiger partial charge in [0.15, 0.2) is 12.2 Å². The maximum atomic E-state index is 12.2. The molecule has 0 radical (unpaired) electrons. The molecule has 1 N–H and O–H groups in total. The number of hydrogen-bond donors (Lipinski definition) is 1. The minimum Gasteiger partial charge on any atom is -0.479 e.